The van der Waals surface area contributed by atoms with Crippen LogP contribution in [0.2, 0.25) is 0 Å². The topological polar surface area (TPSA) is 50.5 Å². The SMILES string of the molecule is Cc1cc(C)c(S(=O)(=O)N(C)Cc2ccco2)c(C)c1. The maximum Gasteiger partial charge on any atom is 0.243 e. The van der Waals surface area contributed by atoms with E-state index < -0.39 is 10.0 Å². The van der Waals surface area contributed by atoms with Crippen molar-refractivity contribution in [3.05, 3.63) is 53.0 Å². The molecular weight excluding hydrogens is 274 g/mol. The van der Waals surface area contributed by atoms with E-state index in [0.717, 1.165) is 16.7 Å². The molecule has 0 saturated carbocycles. The number of benzene rings is 1. The monoisotopic (exact) mass is 293 g/mol. The average Bonchev–Trinajstić information content (AvgIpc) is 2.79. The number of hydrogen-bond acceptors (Lipinski definition) is 3. The first kappa shape index (κ1) is 14.8. The van der Waals surface area contributed by atoms with Crippen molar-refractivity contribution < 1.29 is 12.8 Å². The lowest BCUT2D eigenvalue weighted by Crippen LogP contribution is -2.27. The minimum atomic E-state index is -3.52. The maximum absolute atomic E-state index is 12.7. The highest BCUT2D eigenvalue weighted by molar-refractivity contribution is 7.89. The van der Waals surface area contributed by atoms with Gasteiger partial charge >= 0.3 is 0 Å². The molecule has 0 unspecified atom stereocenters. The van der Waals surface area contributed by atoms with Gasteiger partial charge in [0.1, 0.15) is 5.76 Å². The minimum Gasteiger partial charge on any atom is -0.468 e. The highest BCUT2D eigenvalue weighted by Gasteiger charge is 2.25. The number of aryl methyl sites for hydroxylation is 3. The largest absolute Gasteiger partial charge is 0.468 e. The van der Waals surface area contributed by atoms with Crippen LogP contribution in [0.1, 0.15) is 22.5 Å². The van der Waals surface area contributed by atoms with E-state index in [9.17, 15) is 8.42 Å². The van der Waals surface area contributed by atoms with Crippen LogP contribution in [-0.2, 0) is 16.6 Å². The Balaban J connectivity index is 2.40. The summed E-state index contributed by atoms with van der Waals surface area (Å²) in [6.45, 7) is 5.84. The molecule has 0 atom stereocenters. The first-order chi connectivity index (χ1) is 9.32. The summed E-state index contributed by atoms with van der Waals surface area (Å²) in [4.78, 5) is 0.386. The summed E-state index contributed by atoms with van der Waals surface area (Å²) >= 11 is 0. The van der Waals surface area contributed by atoms with Gasteiger partial charge in [0.2, 0.25) is 10.0 Å². The van der Waals surface area contributed by atoms with Crippen LogP contribution >= 0.6 is 0 Å². The quantitative estimate of drug-likeness (QED) is 0.870. The van der Waals surface area contributed by atoms with Crippen molar-refractivity contribution in [2.45, 2.75) is 32.2 Å². The third-order valence-corrected chi connectivity index (χ3v) is 5.34. The van der Waals surface area contributed by atoms with Crippen molar-refractivity contribution >= 4 is 10.0 Å². The van der Waals surface area contributed by atoms with Gasteiger partial charge in [-0.1, -0.05) is 17.7 Å². The maximum atomic E-state index is 12.7. The van der Waals surface area contributed by atoms with Gasteiger partial charge in [0, 0.05) is 7.05 Å². The second-order valence-electron chi connectivity index (χ2n) is 5.07. The van der Waals surface area contributed by atoms with Crippen LogP contribution in [0.3, 0.4) is 0 Å². The van der Waals surface area contributed by atoms with E-state index in [1.54, 1.807) is 19.2 Å². The zero-order valence-corrected chi connectivity index (χ0v) is 13.0. The molecule has 1 aromatic heterocycles. The van der Waals surface area contributed by atoms with Crippen LogP contribution in [0.4, 0.5) is 0 Å². The molecule has 0 radical (unpaired) electrons. The summed E-state index contributed by atoms with van der Waals surface area (Å²) in [5.74, 6) is 0.624. The summed E-state index contributed by atoms with van der Waals surface area (Å²) in [7, 11) is -1.95. The molecule has 5 heteroatoms. The number of nitrogens with zero attached hydrogens (tertiary/aromatic N) is 1. The Morgan fingerprint density at radius 1 is 1.15 bits per heavy atom. The standard InChI is InChI=1S/C15H19NO3S/c1-11-8-12(2)15(13(3)9-11)20(17,18)16(4)10-14-6-5-7-19-14/h5-9H,10H2,1-4H3. The summed E-state index contributed by atoms with van der Waals surface area (Å²) in [6, 6.07) is 7.29. The van der Waals surface area contributed by atoms with Crippen molar-refractivity contribution in [3.8, 4) is 0 Å². The second-order valence-corrected chi connectivity index (χ2v) is 7.05. The molecule has 0 bridgehead atoms. The van der Waals surface area contributed by atoms with Crippen molar-refractivity contribution in [1.82, 2.24) is 4.31 Å². The van der Waals surface area contributed by atoms with Crippen LogP contribution in [0, 0.1) is 20.8 Å². The van der Waals surface area contributed by atoms with E-state index in [0.29, 0.717) is 10.7 Å². The van der Waals surface area contributed by atoms with Crippen LogP contribution in [0.15, 0.2) is 39.8 Å². The number of rotatable bonds is 4. The minimum absolute atomic E-state index is 0.224. The summed E-state index contributed by atoms with van der Waals surface area (Å²) in [5, 5.41) is 0. The fourth-order valence-corrected chi connectivity index (χ4v) is 3.98. The predicted molar refractivity (Wildman–Crippen MR) is 78.0 cm³/mol. The van der Waals surface area contributed by atoms with Crippen LogP contribution in [0.25, 0.3) is 0 Å². The Labute approximate surface area is 120 Å². The zero-order valence-electron chi connectivity index (χ0n) is 12.2. The molecule has 20 heavy (non-hydrogen) atoms. The summed E-state index contributed by atoms with van der Waals surface area (Å²) < 4.78 is 31.9. The molecule has 1 heterocycles. The Hall–Kier alpha value is -1.59. The van der Waals surface area contributed by atoms with E-state index in [1.165, 1.54) is 10.6 Å². The average molecular weight is 293 g/mol. The fraction of sp³-hybridized carbons (Fsp3) is 0.333. The van der Waals surface area contributed by atoms with Gasteiger partial charge in [-0.05, 0) is 44.0 Å². The van der Waals surface area contributed by atoms with E-state index in [1.807, 2.05) is 32.9 Å². The Bertz CT molecular complexity index is 680. The van der Waals surface area contributed by atoms with E-state index in [4.69, 9.17) is 4.42 Å². The molecule has 0 fully saturated rings. The molecule has 0 amide bonds. The first-order valence-corrected chi connectivity index (χ1v) is 7.83. The van der Waals surface area contributed by atoms with Gasteiger partial charge in [0.05, 0.1) is 17.7 Å². The molecule has 0 spiro atoms. The normalized spacial score (nSPS) is 12.1. The van der Waals surface area contributed by atoms with E-state index in [2.05, 4.69) is 0 Å². The number of hydrogen-bond donors (Lipinski definition) is 0. The lowest BCUT2D eigenvalue weighted by atomic mass is 10.1. The molecule has 1 aromatic carbocycles. The number of sulfonamides is 1. The van der Waals surface area contributed by atoms with E-state index >= 15 is 0 Å². The summed E-state index contributed by atoms with van der Waals surface area (Å²) in [6.07, 6.45) is 1.54. The first-order valence-electron chi connectivity index (χ1n) is 6.39. The molecule has 2 rings (SSSR count). The van der Waals surface area contributed by atoms with Crippen molar-refractivity contribution in [1.29, 1.82) is 0 Å². The molecule has 2 aromatic rings. The zero-order chi connectivity index (χ0) is 14.9. The molecule has 108 valence electrons. The van der Waals surface area contributed by atoms with Gasteiger partial charge in [-0.2, -0.15) is 4.31 Å². The third-order valence-electron chi connectivity index (χ3n) is 3.23. The van der Waals surface area contributed by atoms with E-state index in [-0.39, 0.29) is 6.54 Å². The lowest BCUT2D eigenvalue weighted by Gasteiger charge is -2.19. The van der Waals surface area contributed by atoms with Gasteiger partial charge in [0.15, 0.2) is 0 Å². The molecule has 0 saturated heterocycles. The highest BCUT2D eigenvalue weighted by atomic mass is 32.2. The predicted octanol–water partition coefficient (Wildman–Crippen LogP) is 3.03. The van der Waals surface area contributed by atoms with Crippen molar-refractivity contribution in [2.24, 2.45) is 0 Å². The van der Waals surface area contributed by atoms with Gasteiger partial charge in [-0.15, -0.1) is 0 Å². The van der Waals surface area contributed by atoms with Crippen molar-refractivity contribution in [3.63, 3.8) is 0 Å². The molecule has 4 nitrogen and oxygen atoms in total. The van der Waals surface area contributed by atoms with Crippen LogP contribution in [0.5, 0.6) is 0 Å². The second kappa shape index (κ2) is 5.42. The van der Waals surface area contributed by atoms with Gasteiger partial charge in [0.25, 0.3) is 0 Å². The molecule has 0 N–H and O–H groups in total. The molecule has 0 aliphatic rings. The lowest BCUT2D eigenvalue weighted by molar-refractivity contribution is 0.406. The smallest absolute Gasteiger partial charge is 0.243 e. The van der Waals surface area contributed by atoms with Crippen LogP contribution < -0.4 is 0 Å². The molecular formula is C15H19NO3S. The molecule has 0 aliphatic carbocycles. The van der Waals surface area contributed by atoms with Gasteiger partial charge < -0.3 is 4.42 Å². The third kappa shape index (κ3) is 2.78. The Morgan fingerprint density at radius 2 is 1.75 bits per heavy atom. The number of furan rings is 1. The summed E-state index contributed by atoms with van der Waals surface area (Å²) in [5.41, 5.74) is 2.61. The highest BCUT2D eigenvalue weighted by Crippen LogP contribution is 2.25. The van der Waals surface area contributed by atoms with Crippen molar-refractivity contribution in [2.75, 3.05) is 7.05 Å². The van der Waals surface area contributed by atoms with Crippen LogP contribution in [-0.4, -0.2) is 19.8 Å². The fourth-order valence-electron chi connectivity index (χ4n) is 2.44. The van der Waals surface area contributed by atoms with Gasteiger partial charge in [-0.3, -0.25) is 0 Å². The Kier molecular flexibility index (Phi) is 4.01. The van der Waals surface area contributed by atoms with Gasteiger partial charge in [-0.25, -0.2) is 8.42 Å². The molecule has 0 aliphatic heterocycles. The Morgan fingerprint density at radius 3 is 2.25 bits per heavy atom.